The topological polar surface area (TPSA) is 32.3 Å². The summed E-state index contributed by atoms with van der Waals surface area (Å²) < 4.78 is 53.1. The van der Waals surface area contributed by atoms with Crippen LogP contribution in [0.5, 0.6) is 0 Å². The Labute approximate surface area is 180 Å². The Hall–Kier alpha value is -2.41. The van der Waals surface area contributed by atoms with E-state index in [1.807, 2.05) is 44.2 Å². The fourth-order valence-corrected chi connectivity index (χ4v) is 4.45. The van der Waals surface area contributed by atoms with Crippen molar-refractivity contribution < 1.29 is 22.4 Å². The first-order chi connectivity index (χ1) is 14.6. The van der Waals surface area contributed by atoms with Crippen LogP contribution in [-0.2, 0) is 12.9 Å². The highest BCUT2D eigenvalue weighted by atomic mass is 19.4. The molecule has 3 rings (SSSR count). The van der Waals surface area contributed by atoms with E-state index in [1.54, 1.807) is 0 Å². The maximum Gasteiger partial charge on any atom is 0.416 e. The summed E-state index contributed by atoms with van der Waals surface area (Å²) in [4.78, 5) is 15.6. The van der Waals surface area contributed by atoms with E-state index in [0.717, 1.165) is 43.6 Å². The third kappa shape index (κ3) is 4.92. The van der Waals surface area contributed by atoms with Crippen molar-refractivity contribution in [2.24, 2.45) is 0 Å². The number of hydrogen-bond acceptors (Lipinski definition) is 2. The van der Waals surface area contributed by atoms with Crippen molar-refractivity contribution >= 4 is 5.91 Å². The van der Waals surface area contributed by atoms with Gasteiger partial charge in [-0.1, -0.05) is 30.3 Å². The zero-order valence-corrected chi connectivity index (χ0v) is 18.0. The Morgan fingerprint density at radius 3 is 2.26 bits per heavy atom. The van der Waals surface area contributed by atoms with Crippen molar-refractivity contribution in [1.82, 2.24) is 10.2 Å². The molecule has 1 aliphatic rings. The van der Waals surface area contributed by atoms with Gasteiger partial charge in [-0.25, -0.2) is 4.39 Å². The average Bonchev–Trinajstić information content (AvgIpc) is 3.27. The lowest BCUT2D eigenvalue weighted by molar-refractivity contribution is -0.137. The Morgan fingerprint density at radius 1 is 1.10 bits per heavy atom. The summed E-state index contributed by atoms with van der Waals surface area (Å²) >= 11 is 0. The van der Waals surface area contributed by atoms with E-state index in [4.69, 9.17) is 0 Å². The molecule has 1 heterocycles. The molecular weight excluding hydrogens is 408 g/mol. The van der Waals surface area contributed by atoms with Gasteiger partial charge in [-0.2, -0.15) is 13.2 Å². The number of rotatable bonds is 6. The predicted molar refractivity (Wildman–Crippen MR) is 113 cm³/mol. The van der Waals surface area contributed by atoms with E-state index in [2.05, 4.69) is 10.2 Å². The van der Waals surface area contributed by atoms with E-state index in [1.165, 1.54) is 6.92 Å². The fraction of sp³-hybridized carbons (Fsp3) is 0.458. The number of halogens is 4. The van der Waals surface area contributed by atoms with Crippen LogP contribution in [0.2, 0.25) is 0 Å². The van der Waals surface area contributed by atoms with Crippen LogP contribution in [0.25, 0.3) is 0 Å². The monoisotopic (exact) mass is 436 g/mol. The average molecular weight is 436 g/mol. The highest BCUT2D eigenvalue weighted by Gasteiger charge is 2.39. The highest BCUT2D eigenvalue weighted by molar-refractivity contribution is 5.97. The summed E-state index contributed by atoms with van der Waals surface area (Å²) in [5.74, 6) is -0.569. The molecule has 3 nitrogen and oxygen atoms in total. The molecule has 1 fully saturated rings. The van der Waals surface area contributed by atoms with Crippen LogP contribution in [0.3, 0.4) is 0 Å². The number of benzene rings is 2. The Morgan fingerprint density at radius 2 is 1.71 bits per heavy atom. The number of nitrogens with one attached hydrogen (secondary N) is 1. The summed E-state index contributed by atoms with van der Waals surface area (Å²) in [6, 6.07) is 10.7. The van der Waals surface area contributed by atoms with Crippen molar-refractivity contribution in [2.75, 3.05) is 13.1 Å². The van der Waals surface area contributed by atoms with Gasteiger partial charge < -0.3 is 5.32 Å². The minimum absolute atomic E-state index is 0.0337. The summed E-state index contributed by atoms with van der Waals surface area (Å²) in [5.41, 5.74) is -0.691. The summed E-state index contributed by atoms with van der Waals surface area (Å²) in [6.07, 6.45) is -2.46. The molecule has 0 bridgehead atoms. The molecular formula is C24H28F4N2O. The molecule has 1 amide bonds. The molecule has 168 valence electrons. The molecule has 2 aromatic rings. The van der Waals surface area contributed by atoms with Crippen molar-refractivity contribution in [3.05, 3.63) is 70.3 Å². The number of amides is 1. The van der Waals surface area contributed by atoms with E-state index in [-0.39, 0.29) is 16.7 Å². The Kier molecular flexibility index (Phi) is 6.74. The number of carbonyl (C=O) groups is 1. The van der Waals surface area contributed by atoms with Crippen LogP contribution < -0.4 is 5.32 Å². The molecule has 1 aliphatic heterocycles. The Balaban J connectivity index is 2.00. The van der Waals surface area contributed by atoms with E-state index in [9.17, 15) is 22.4 Å². The third-order valence-corrected chi connectivity index (χ3v) is 6.15. The zero-order valence-electron chi connectivity index (χ0n) is 18.0. The van der Waals surface area contributed by atoms with Crippen molar-refractivity contribution in [3.8, 4) is 0 Å². The lowest BCUT2D eigenvalue weighted by Crippen LogP contribution is -2.52. The van der Waals surface area contributed by atoms with Crippen LogP contribution in [0.4, 0.5) is 17.6 Å². The first-order valence-corrected chi connectivity index (χ1v) is 10.4. The molecule has 2 aromatic carbocycles. The van der Waals surface area contributed by atoms with Gasteiger partial charge in [-0.3, -0.25) is 9.69 Å². The molecule has 1 saturated heterocycles. The SMILES string of the molecule is Cc1cc(C(F)(F)F)cc(CF)c1C(=O)NC(c1ccccc1)C(C)(C)N1CCCC1. The molecule has 0 aromatic heterocycles. The van der Waals surface area contributed by atoms with E-state index >= 15 is 0 Å². The maximum atomic E-state index is 13.7. The third-order valence-electron chi connectivity index (χ3n) is 6.15. The summed E-state index contributed by atoms with van der Waals surface area (Å²) in [7, 11) is 0. The molecule has 0 saturated carbocycles. The van der Waals surface area contributed by atoms with Crippen LogP contribution >= 0.6 is 0 Å². The van der Waals surface area contributed by atoms with Gasteiger partial charge >= 0.3 is 6.18 Å². The number of likely N-dealkylation sites (tertiary alicyclic amines) is 1. The quantitative estimate of drug-likeness (QED) is 0.578. The van der Waals surface area contributed by atoms with E-state index < -0.39 is 35.9 Å². The number of aryl methyl sites for hydroxylation is 1. The van der Waals surface area contributed by atoms with Crippen molar-refractivity contribution in [1.29, 1.82) is 0 Å². The molecule has 31 heavy (non-hydrogen) atoms. The minimum atomic E-state index is -4.60. The smallest absolute Gasteiger partial charge is 0.343 e. The predicted octanol–water partition coefficient (Wildman–Crippen LogP) is 5.83. The first kappa shape index (κ1) is 23.3. The van der Waals surface area contributed by atoms with Gasteiger partial charge in [0.15, 0.2) is 0 Å². The molecule has 0 radical (unpaired) electrons. The Bertz CT molecular complexity index is 919. The van der Waals surface area contributed by atoms with E-state index in [0.29, 0.717) is 0 Å². The van der Waals surface area contributed by atoms with Gasteiger partial charge in [-0.05, 0) is 75.5 Å². The summed E-state index contributed by atoms with van der Waals surface area (Å²) in [6.45, 7) is 6.16. The van der Waals surface area contributed by atoms with Gasteiger partial charge in [0.1, 0.15) is 6.67 Å². The largest absolute Gasteiger partial charge is 0.416 e. The molecule has 0 aliphatic carbocycles. The molecule has 0 spiro atoms. The first-order valence-electron chi connectivity index (χ1n) is 10.4. The normalized spacial score (nSPS) is 16.4. The van der Waals surface area contributed by atoms with Crippen LogP contribution in [-0.4, -0.2) is 29.4 Å². The molecule has 1 atom stereocenters. The maximum absolute atomic E-state index is 13.7. The minimum Gasteiger partial charge on any atom is -0.343 e. The van der Waals surface area contributed by atoms with Crippen molar-refractivity contribution in [3.63, 3.8) is 0 Å². The van der Waals surface area contributed by atoms with Crippen LogP contribution in [0.1, 0.15) is 65.3 Å². The number of hydrogen-bond donors (Lipinski definition) is 1. The second-order valence-corrected chi connectivity index (χ2v) is 8.62. The molecule has 1 unspecified atom stereocenters. The van der Waals surface area contributed by atoms with Crippen LogP contribution in [0, 0.1) is 6.92 Å². The zero-order chi connectivity index (χ0) is 22.8. The standard InChI is InChI=1S/C24H28F4N2O/c1-16-13-19(24(26,27)28)14-18(15-25)20(16)22(31)29-21(17-9-5-4-6-10-17)23(2,3)30-11-7-8-12-30/h4-6,9-10,13-14,21H,7-8,11-12,15H2,1-3H3,(H,29,31). The second kappa shape index (κ2) is 8.99. The van der Waals surface area contributed by atoms with Gasteiger partial charge in [0, 0.05) is 11.1 Å². The molecule has 1 N–H and O–H groups in total. The van der Waals surface area contributed by atoms with Gasteiger partial charge in [0.2, 0.25) is 0 Å². The second-order valence-electron chi connectivity index (χ2n) is 8.62. The lowest BCUT2D eigenvalue weighted by atomic mass is 9.86. The van der Waals surface area contributed by atoms with Gasteiger partial charge in [-0.15, -0.1) is 0 Å². The number of carbonyl (C=O) groups excluding carboxylic acids is 1. The van der Waals surface area contributed by atoms with Gasteiger partial charge in [0.25, 0.3) is 5.91 Å². The highest BCUT2D eigenvalue weighted by Crippen LogP contribution is 2.35. The number of alkyl halides is 4. The van der Waals surface area contributed by atoms with Crippen LogP contribution in [0.15, 0.2) is 42.5 Å². The lowest BCUT2D eigenvalue weighted by Gasteiger charge is -2.42. The summed E-state index contributed by atoms with van der Waals surface area (Å²) in [5, 5.41) is 3.01. The van der Waals surface area contributed by atoms with Gasteiger partial charge in [0.05, 0.1) is 11.6 Å². The molecule has 7 heteroatoms. The van der Waals surface area contributed by atoms with Crippen molar-refractivity contribution in [2.45, 2.75) is 58.0 Å². The fourth-order valence-electron chi connectivity index (χ4n) is 4.45. The number of nitrogens with zero attached hydrogens (tertiary/aromatic N) is 1.